The van der Waals surface area contributed by atoms with Gasteiger partial charge in [-0.3, -0.25) is 13.9 Å². The van der Waals surface area contributed by atoms with E-state index < -0.39 is 34.3 Å². The molecule has 0 bridgehead atoms. The second-order valence-electron chi connectivity index (χ2n) is 10.1. The molecule has 0 saturated heterocycles. The minimum atomic E-state index is -4.30. The van der Waals surface area contributed by atoms with Crippen molar-refractivity contribution in [2.75, 3.05) is 24.0 Å². The zero-order valence-electron chi connectivity index (χ0n) is 24.2. The number of ether oxygens (including phenoxy) is 1. The predicted octanol–water partition coefficient (Wildman–Crippen LogP) is 5.65. The highest BCUT2D eigenvalue weighted by molar-refractivity contribution is 7.92. The van der Waals surface area contributed by atoms with Gasteiger partial charge >= 0.3 is 0 Å². The third-order valence-corrected chi connectivity index (χ3v) is 8.64. The molecule has 0 aliphatic rings. The Labute approximate surface area is 252 Å². The number of nitrogens with one attached hydrogen (secondary N) is 1. The van der Waals surface area contributed by atoms with Crippen LogP contribution >= 0.6 is 11.6 Å². The Morgan fingerprint density at radius 1 is 0.976 bits per heavy atom. The molecule has 42 heavy (non-hydrogen) atoms. The molecule has 0 fully saturated rings. The maximum absolute atomic E-state index is 14.1. The molecule has 3 rings (SSSR count). The van der Waals surface area contributed by atoms with Crippen LogP contribution in [0.15, 0.2) is 77.7 Å². The first-order valence-electron chi connectivity index (χ1n) is 13.8. The average Bonchev–Trinajstić information content (AvgIpc) is 2.96. The van der Waals surface area contributed by atoms with Gasteiger partial charge in [0.05, 0.1) is 17.2 Å². The summed E-state index contributed by atoms with van der Waals surface area (Å²) in [7, 11) is -4.30. The number of carbonyl (C=O) groups excluding carboxylic acids is 2. The molecule has 8 nitrogen and oxygen atoms in total. The molecule has 0 aromatic heterocycles. The maximum Gasteiger partial charge on any atom is 0.264 e. The summed E-state index contributed by atoms with van der Waals surface area (Å²) in [6.45, 7) is 7.67. The van der Waals surface area contributed by atoms with Gasteiger partial charge in [0, 0.05) is 18.1 Å². The summed E-state index contributed by atoms with van der Waals surface area (Å²) in [6, 6.07) is 16.7. The van der Waals surface area contributed by atoms with Crippen LogP contribution in [0.1, 0.15) is 39.7 Å². The molecule has 2 amide bonds. The Balaban J connectivity index is 2.04. The van der Waals surface area contributed by atoms with Gasteiger partial charge in [-0.25, -0.2) is 12.8 Å². The number of amides is 2. The summed E-state index contributed by atoms with van der Waals surface area (Å²) in [5, 5.41) is 3.29. The van der Waals surface area contributed by atoms with Crippen molar-refractivity contribution in [2.24, 2.45) is 5.92 Å². The number of halogens is 2. The molecule has 0 saturated carbocycles. The van der Waals surface area contributed by atoms with Gasteiger partial charge in [0.1, 0.15) is 24.2 Å². The van der Waals surface area contributed by atoms with Crippen LogP contribution in [-0.4, -0.2) is 50.9 Å². The summed E-state index contributed by atoms with van der Waals surface area (Å²) in [6.07, 6.45) is 0.280. The number of benzene rings is 3. The number of hydrogen-bond donors (Lipinski definition) is 1. The van der Waals surface area contributed by atoms with E-state index >= 15 is 0 Å². The van der Waals surface area contributed by atoms with E-state index in [1.807, 2.05) is 20.8 Å². The predicted molar refractivity (Wildman–Crippen MR) is 162 cm³/mol. The topological polar surface area (TPSA) is 96.0 Å². The van der Waals surface area contributed by atoms with Crippen molar-refractivity contribution in [1.29, 1.82) is 0 Å². The molecule has 1 N–H and O–H groups in total. The number of anilines is 1. The number of carbonyl (C=O) groups is 2. The van der Waals surface area contributed by atoms with Crippen LogP contribution in [0.3, 0.4) is 0 Å². The van der Waals surface area contributed by atoms with Gasteiger partial charge in [-0.2, -0.15) is 0 Å². The van der Waals surface area contributed by atoms with Gasteiger partial charge in [0.15, 0.2) is 0 Å². The molecule has 3 aromatic carbocycles. The maximum atomic E-state index is 14.1. The quantitative estimate of drug-likeness (QED) is 0.252. The monoisotopic (exact) mass is 617 g/mol. The second-order valence-corrected chi connectivity index (χ2v) is 12.3. The fraction of sp³-hybridized carbons (Fsp3) is 0.355. The van der Waals surface area contributed by atoms with E-state index in [0.29, 0.717) is 29.5 Å². The summed E-state index contributed by atoms with van der Waals surface area (Å²) in [5.74, 6) is -0.858. The van der Waals surface area contributed by atoms with E-state index in [1.165, 1.54) is 41.3 Å². The minimum Gasteiger partial charge on any atom is -0.494 e. The van der Waals surface area contributed by atoms with Crippen LogP contribution in [-0.2, 0) is 26.2 Å². The van der Waals surface area contributed by atoms with E-state index in [0.717, 1.165) is 16.4 Å². The highest BCUT2D eigenvalue weighted by atomic mass is 35.5. The number of nitrogens with zero attached hydrogens (tertiary/aromatic N) is 2. The van der Waals surface area contributed by atoms with Crippen LogP contribution < -0.4 is 14.4 Å². The molecule has 0 aliphatic carbocycles. The number of rotatable bonds is 14. The minimum absolute atomic E-state index is 0.0214. The Hall–Kier alpha value is -3.63. The molecule has 0 spiro atoms. The summed E-state index contributed by atoms with van der Waals surface area (Å²) in [4.78, 5) is 28.6. The third kappa shape index (κ3) is 8.45. The van der Waals surface area contributed by atoms with Gasteiger partial charge in [-0.05, 0) is 79.4 Å². The zero-order chi connectivity index (χ0) is 30.9. The lowest BCUT2D eigenvalue weighted by Crippen LogP contribution is -2.52. The highest BCUT2D eigenvalue weighted by Crippen LogP contribution is 2.27. The Bertz CT molecular complexity index is 1450. The number of hydrogen-bond acceptors (Lipinski definition) is 5. The van der Waals surface area contributed by atoms with Crippen LogP contribution in [0.5, 0.6) is 5.75 Å². The summed E-state index contributed by atoms with van der Waals surface area (Å²) in [5.41, 5.74) is 0.693. The molecular weight excluding hydrogens is 581 g/mol. The van der Waals surface area contributed by atoms with E-state index in [-0.39, 0.29) is 35.4 Å². The van der Waals surface area contributed by atoms with Crippen LogP contribution in [0.25, 0.3) is 0 Å². The van der Waals surface area contributed by atoms with Gasteiger partial charge in [0.2, 0.25) is 11.8 Å². The SMILES string of the molecule is CCOc1ccc(S(=O)(=O)N(CC(=O)N(Cc2ccccc2Cl)[C@H](CC)C(=O)NCC(C)C)c2ccc(F)cc2)cc1. The van der Waals surface area contributed by atoms with Gasteiger partial charge in [-0.1, -0.05) is 50.6 Å². The fourth-order valence-electron chi connectivity index (χ4n) is 4.29. The molecule has 11 heteroatoms. The highest BCUT2D eigenvalue weighted by Gasteiger charge is 2.34. The number of sulfonamides is 1. The fourth-order valence-corrected chi connectivity index (χ4v) is 5.90. The Morgan fingerprint density at radius 2 is 1.62 bits per heavy atom. The van der Waals surface area contributed by atoms with Crippen molar-refractivity contribution in [3.8, 4) is 5.75 Å². The molecule has 0 radical (unpaired) electrons. The van der Waals surface area contributed by atoms with Crippen LogP contribution in [0.4, 0.5) is 10.1 Å². The average molecular weight is 618 g/mol. The van der Waals surface area contributed by atoms with E-state index in [2.05, 4.69) is 5.32 Å². The lowest BCUT2D eigenvalue weighted by molar-refractivity contribution is -0.140. The standard InChI is InChI=1S/C31H37ClFN3O5S/c1-5-29(31(38)34-19-22(3)4)35(20-23-9-7-8-10-28(23)32)30(37)21-36(25-13-11-24(33)12-14-25)42(39,40)27-17-15-26(16-18-27)41-6-2/h7-18,22,29H,5-6,19-21H2,1-4H3,(H,34,38)/t29-/m1/s1. The zero-order valence-corrected chi connectivity index (χ0v) is 25.8. The first-order chi connectivity index (χ1) is 20.0. The molecule has 0 unspecified atom stereocenters. The molecule has 226 valence electrons. The van der Waals surface area contributed by atoms with Crippen molar-refractivity contribution in [3.63, 3.8) is 0 Å². The van der Waals surface area contributed by atoms with E-state index in [9.17, 15) is 22.4 Å². The second kappa shape index (κ2) is 15.0. The van der Waals surface area contributed by atoms with Crippen molar-refractivity contribution >= 4 is 39.1 Å². The lowest BCUT2D eigenvalue weighted by Gasteiger charge is -2.33. The molecule has 1 atom stereocenters. The largest absolute Gasteiger partial charge is 0.494 e. The van der Waals surface area contributed by atoms with E-state index in [1.54, 1.807) is 31.2 Å². The summed E-state index contributed by atoms with van der Waals surface area (Å²) >= 11 is 6.42. The normalized spacial score (nSPS) is 12.1. The van der Waals surface area contributed by atoms with Crippen LogP contribution in [0, 0.1) is 11.7 Å². The Kier molecular flexibility index (Phi) is 11.8. The summed E-state index contributed by atoms with van der Waals surface area (Å²) < 4.78 is 48.0. The molecule has 3 aromatic rings. The van der Waals surface area contributed by atoms with Crippen molar-refractivity contribution in [2.45, 2.75) is 51.6 Å². The third-order valence-electron chi connectivity index (χ3n) is 6.49. The van der Waals surface area contributed by atoms with Crippen molar-refractivity contribution in [1.82, 2.24) is 10.2 Å². The first-order valence-corrected chi connectivity index (χ1v) is 15.6. The van der Waals surface area contributed by atoms with Gasteiger partial charge in [0.25, 0.3) is 10.0 Å². The smallest absolute Gasteiger partial charge is 0.264 e. The molecule has 0 aliphatic heterocycles. The lowest BCUT2D eigenvalue weighted by atomic mass is 10.1. The molecule has 0 heterocycles. The Morgan fingerprint density at radius 3 is 2.19 bits per heavy atom. The van der Waals surface area contributed by atoms with E-state index in [4.69, 9.17) is 16.3 Å². The van der Waals surface area contributed by atoms with Crippen molar-refractivity contribution < 1.29 is 27.1 Å². The van der Waals surface area contributed by atoms with Crippen LogP contribution in [0.2, 0.25) is 5.02 Å². The van der Waals surface area contributed by atoms with Crippen molar-refractivity contribution in [3.05, 3.63) is 89.2 Å². The van der Waals surface area contributed by atoms with Gasteiger partial charge < -0.3 is 15.0 Å². The van der Waals surface area contributed by atoms with Gasteiger partial charge in [-0.15, -0.1) is 0 Å². The first kappa shape index (κ1) is 32.9. The molecular formula is C31H37ClFN3O5S.